The van der Waals surface area contributed by atoms with Gasteiger partial charge in [0.2, 0.25) is 10.0 Å². The second-order valence-corrected chi connectivity index (χ2v) is 9.57. The first-order valence-corrected chi connectivity index (χ1v) is 11.7. The highest BCUT2D eigenvalue weighted by Crippen LogP contribution is 2.28. The molecule has 0 saturated carbocycles. The highest BCUT2D eigenvalue weighted by molar-refractivity contribution is 7.99. The number of anilines is 1. The maximum Gasteiger partial charge on any atom is 0.229 e. The van der Waals surface area contributed by atoms with Gasteiger partial charge in [-0.3, -0.25) is 4.72 Å². The van der Waals surface area contributed by atoms with Crippen LogP contribution in [0.4, 0.5) is 5.69 Å². The number of nitrogens with zero attached hydrogens (tertiary/aromatic N) is 1. The second-order valence-electron chi connectivity index (χ2n) is 6.00. The van der Waals surface area contributed by atoms with E-state index >= 15 is 0 Å². The van der Waals surface area contributed by atoms with E-state index in [0.717, 1.165) is 11.8 Å². The molecule has 3 rings (SSSR count). The zero-order valence-corrected chi connectivity index (χ0v) is 17.8. The number of hydrogen-bond acceptors (Lipinski definition) is 6. The summed E-state index contributed by atoms with van der Waals surface area (Å²) in [5, 5.41) is 11.6. The summed E-state index contributed by atoms with van der Waals surface area (Å²) in [5.41, 5.74) is 1.91. The van der Waals surface area contributed by atoms with E-state index in [-0.39, 0.29) is 6.61 Å². The summed E-state index contributed by atoms with van der Waals surface area (Å²) >= 11 is 13.3. The minimum absolute atomic E-state index is 0.0870. The molecule has 0 aliphatic carbocycles. The number of hydrogen-bond donors (Lipinski definition) is 3. The number of benzene rings is 2. The third-order valence-electron chi connectivity index (χ3n) is 3.51. The summed E-state index contributed by atoms with van der Waals surface area (Å²) in [6.45, 7) is 0.0870. The SMILES string of the molecule is CS(=O)(=O)Nc1ccc(OC[C@H](O)CSc2nc3cc(Cl)c(Cl)cc3[nH]2)cc1. The largest absolute Gasteiger partial charge is 0.491 e. The number of halogens is 2. The van der Waals surface area contributed by atoms with Crippen molar-refractivity contribution < 1.29 is 18.3 Å². The molecule has 28 heavy (non-hydrogen) atoms. The molecule has 0 spiro atoms. The highest BCUT2D eigenvalue weighted by Gasteiger charge is 2.11. The zero-order chi connectivity index (χ0) is 20.3. The fourth-order valence-corrected chi connectivity index (χ4v) is 3.98. The molecule has 0 aliphatic heterocycles. The van der Waals surface area contributed by atoms with Crippen LogP contribution in [0.2, 0.25) is 10.0 Å². The van der Waals surface area contributed by atoms with Crippen molar-refractivity contribution in [3.05, 3.63) is 46.4 Å². The predicted octanol–water partition coefficient (Wildman–Crippen LogP) is 3.77. The molecule has 7 nitrogen and oxygen atoms in total. The molecule has 2 aromatic carbocycles. The number of aliphatic hydroxyl groups is 1. The minimum atomic E-state index is -3.32. The van der Waals surface area contributed by atoms with Crippen LogP contribution in [0.5, 0.6) is 5.75 Å². The molecule has 0 radical (unpaired) electrons. The van der Waals surface area contributed by atoms with Crippen molar-refractivity contribution in [2.75, 3.05) is 23.3 Å². The fraction of sp³-hybridized carbons (Fsp3) is 0.235. The van der Waals surface area contributed by atoms with Crippen molar-refractivity contribution in [3.8, 4) is 5.75 Å². The first-order valence-electron chi connectivity index (χ1n) is 8.06. The summed E-state index contributed by atoms with van der Waals surface area (Å²) in [7, 11) is -3.32. The number of nitrogens with one attached hydrogen (secondary N) is 2. The third-order valence-corrected chi connectivity index (χ3v) is 5.86. The van der Waals surface area contributed by atoms with Crippen molar-refractivity contribution in [1.82, 2.24) is 9.97 Å². The van der Waals surface area contributed by atoms with Crippen LogP contribution in [-0.2, 0) is 10.0 Å². The molecule has 0 unspecified atom stereocenters. The van der Waals surface area contributed by atoms with Gasteiger partial charge >= 0.3 is 0 Å². The van der Waals surface area contributed by atoms with Crippen molar-refractivity contribution in [1.29, 1.82) is 0 Å². The Balaban J connectivity index is 1.50. The Morgan fingerprint density at radius 1 is 1.25 bits per heavy atom. The number of aromatic nitrogens is 2. The molecule has 1 aromatic heterocycles. The molecule has 3 N–H and O–H groups in total. The quantitative estimate of drug-likeness (QED) is 0.441. The van der Waals surface area contributed by atoms with E-state index < -0.39 is 16.1 Å². The van der Waals surface area contributed by atoms with Crippen LogP contribution in [0.1, 0.15) is 0 Å². The van der Waals surface area contributed by atoms with E-state index in [1.807, 2.05) is 0 Å². The molecule has 0 saturated heterocycles. The molecule has 0 bridgehead atoms. The van der Waals surface area contributed by atoms with Crippen LogP contribution in [0.15, 0.2) is 41.6 Å². The van der Waals surface area contributed by atoms with Gasteiger partial charge in [-0.2, -0.15) is 0 Å². The summed E-state index contributed by atoms with van der Waals surface area (Å²) in [6, 6.07) is 9.81. The van der Waals surface area contributed by atoms with E-state index in [2.05, 4.69) is 14.7 Å². The van der Waals surface area contributed by atoms with Crippen LogP contribution >= 0.6 is 35.0 Å². The molecular formula is C17H17Cl2N3O4S2. The number of rotatable bonds is 8. The lowest BCUT2D eigenvalue weighted by Gasteiger charge is -2.12. The molecule has 1 atom stereocenters. The molecule has 150 valence electrons. The first-order chi connectivity index (χ1) is 13.2. The van der Waals surface area contributed by atoms with Gasteiger partial charge in [0, 0.05) is 11.4 Å². The molecule has 1 heterocycles. The van der Waals surface area contributed by atoms with E-state index in [9.17, 15) is 13.5 Å². The van der Waals surface area contributed by atoms with E-state index in [1.165, 1.54) is 11.8 Å². The fourth-order valence-electron chi connectivity index (χ4n) is 2.30. The van der Waals surface area contributed by atoms with Crippen LogP contribution in [0.3, 0.4) is 0 Å². The molecule has 0 aliphatic rings. The Kier molecular flexibility index (Phi) is 6.61. The lowest BCUT2D eigenvalue weighted by Crippen LogP contribution is -2.20. The van der Waals surface area contributed by atoms with Crippen LogP contribution in [-0.4, -0.2) is 48.2 Å². The van der Waals surface area contributed by atoms with Gasteiger partial charge in [0.05, 0.1) is 33.4 Å². The number of sulfonamides is 1. The van der Waals surface area contributed by atoms with Gasteiger partial charge in [0.1, 0.15) is 12.4 Å². The molecule has 0 amide bonds. The predicted molar refractivity (Wildman–Crippen MR) is 113 cm³/mol. The number of thioether (sulfide) groups is 1. The average molecular weight is 462 g/mol. The normalized spacial score (nSPS) is 12.9. The Hall–Kier alpha value is -1.65. The molecular weight excluding hydrogens is 445 g/mol. The van der Waals surface area contributed by atoms with Crippen molar-refractivity contribution in [2.24, 2.45) is 0 Å². The maximum atomic E-state index is 11.2. The van der Waals surface area contributed by atoms with Gasteiger partial charge in [-0.15, -0.1) is 0 Å². The minimum Gasteiger partial charge on any atom is -0.491 e. The number of aromatic amines is 1. The summed E-state index contributed by atoms with van der Waals surface area (Å²) < 4.78 is 30.3. The van der Waals surface area contributed by atoms with Gasteiger partial charge in [0.15, 0.2) is 5.16 Å². The summed E-state index contributed by atoms with van der Waals surface area (Å²) in [5.74, 6) is 0.894. The van der Waals surface area contributed by atoms with Gasteiger partial charge < -0.3 is 14.8 Å². The van der Waals surface area contributed by atoms with Crippen LogP contribution in [0, 0.1) is 0 Å². The van der Waals surface area contributed by atoms with Gasteiger partial charge in [-0.1, -0.05) is 35.0 Å². The number of ether oxygens (including phenoxy) is 1. The van der Waals surface area contributed by atoms with Crippen LogP contribution < -0.4 is 9.46 Å². The summed E-state index contributed by atoms with van der Waals surface area (Å²) in [6.07, 6.45) is 0.357. The van der Waals surface area contributed by atoms with Gasteiger partial charge in [0.25, 0.3) is 0 Å². The van der Waals surface area contributed by atoms with Crippen molar-refractivity contribution in [3.63, 3.8) is 0 Å². The van der Waals surface area contributed by atoms with E-state index in [0.29, 0.717) is 37.9 Å². The monoisotopic (exact) mass is 461 g/mol. The third kappa shape index (κ3) is 5.92. The molecule has 3 aromatic rings. The Bertz CT molecular complexity index is 1030. The van der Waals surface area contributed by atoms with E-state index in [1.54, 1.807) is 36.4 Å². The number of H-pyrrole nitrogens is 1. The van der Waals surface area contributed by atoms with Gasteiger partial charge in [-0.25, -0.2) is 13.4 Å². The smallest absolute Gasteiger partial charge is 0.229 e. The lowest BCUT2D eigenvalue weighted by atomic mass is 10.3. The second kappa shape index (κ2) is 8.79. The molecule has 0 fully saturated rings. The Labute approximate surface area is 176 Å². The van der Waals surface area contributed by atoms with Crippen LogP contribution in [0.25, 0.3) is 11.0 Å². The number of imidazole rings is 1. The first kappa shape index (κ1) is 21.1. The average Bonchev–Trinajstić information content (AvgIpc) is 3.00. The van der Waals surface area contributed by atoms with E-state index in [4.69, 9.17) is 27.9 Å². The van der Waals surface area contributed by atoms with Crippen molar-refractivity contribution in [2.45, 2.75) is 11.3 Å². The van der Waals surface area contributed by atoms with Crippen molar-refractivity contribution >= 4 is 61.7 Å². The summed E-state index contributed by atoms with van der Waals surface area (Å²) in [4.78, 5) is 7.52. The topological polar surface area (TPSA) is 104 Å². The maximum absolute atomic E-state index is 11.2. The molecule has 11 heteroatoms. The Morgan fingerprint density at radius 2 is 1.93 bits per heavy atom. The van der Waals surface area contributed by atoms with Gasteiger partial charge in [-0.05, 0) is 36.4 Å². The number of fused-ring (bicyclic) bond motifs is 1. The lowest BCUT2D eigenvalue weighted by molar-refractivity contribution is 0.126. The Morgan fingerprint density at radius 3 is 2.61 bits per heavy atom. The highest BCUT2D eigenvalue weighted by atomic mass is 35.5. The zero-order valence-electron chi connectivity index (χ0n) is 14.6. The number of aliphatic hydroxyl groups excluding tert-OH is 1. The standard InChI is InChI=1S/C17H17Cl2N3O4S2/c1-28(24,25)22-10-2-4-12(5-3-10)26-8-11(23)9-27-17-20-15-6-13(18)14(19)7-16(15)21-17/h2-7,11,22-23H,8-9H2,1H3,(H,20,21)/t11-/m0/s1.